The second-order valence-corrected chi connectivity index (χ2v) is 2.23. The van der Waals surface area contributed by atoms with Gasteiger partial charge in [0.05, 0.1) is 21.1 Å². The van der Waals surface area contributed by atoms with E-state index in [0.29, 0.717) is 5.96 Å². The lowest BCUT2D eigenvalue weighted by atomic mass is 10.8. The number of nitrogens with zero attached hydrogens (tertiary/aromatic N) is 2. The molecule has 0 aliphatic rings. The van der Waals surface area contributed by atoms with Crippen molar-refractivity contribution >= 4 is 11.9 Å². The molecular weight excluding hydrogens is 142 g/mol. The van der Waals surface area contributed by atoms with Gasteiger partial charge in [-0.25, -0.2) is 10.3 Å². The van der Waals surface area contributed by atoms with Gasteiger partial charge in [-0.05, 0) is 0 Å². The lowest BCUT2D eigenvalue weighted by molar-refractivity contribution is -0.468. The van der Waals surface area contributed by atoms with Gasteiger partial charge in [-0.15, -0.1) is 0 Å². The van der Waals surface area contributed by atoms with Gasteiger partial charge in [-0.1, -0.05) is 0 Å². The summed E-state index contributed by atoms with van der Waals surface area (Å²) in [4.78, 5) is 3.75. The molecule has 0 unspecified atom stereocenters. The molecule has 0 rings (SSSR count). The molecular formula is C6H16N5+. The Labute approximate surface area is 67.0 Å². The van der Waals surface area contributed by atoms with E-state index >= 15 is 0 Å². The first-order valence-electron chi connectivity index (χ1n) is 3.33. The van der Waals surface area contributed by atoms with Gasteiger partial charge in [-0.2, -0.15) is 0 Å². The molecule has 11 heavy (non-hydrogen) atoms. The van der Waals surface area contributed by atoms with Crippen LogP contribution in [0, 0.1) is 0 Å². The minimum absolute atomic E-state index is 0.392. The van der Waals surface area contributed by atoms with Crippen molar-refractivity contribution in [3.05, 3.63) is 0 Å². The van der Waals surface area contributed by atoms with Gasteiger partial charge in [-0.3, -0.25) is 9.89 Å². The maximum Gasteiger partial charge on any atom is 0.352 e. The molecule has 5 heteroatoms. The summed E-state index contributed by atoms with van der Waals surface area (Å²) in [6.07, 6.45) is 0. The van der Waals surface area contributed by atoms with E-state index in [1.165, 1.54) is 0 Å². The maximum atomic E-state index is 5.44. The van der Waals surface area contributed by atoms with Crippen LogP contribution in [0.25, 0.3) is 0 Å². The van der Waals surface area contributed by atoms with Crippen molar-refractivity contribution in [1.82, 2.24) is 10.6 Å². The number of nitrogens with one attached hydrogen (secondary N) is 2. The highest BCUT2D eigenvalue weighted by molar-refractivity contribution is 5.95. The predicted octanol–water partition coefficient (Wildman–Crippen LogP) is -1.63. The highest BCUT2D eigenvalue weighted by atomic mass is 15.3. The molecule has 0 saturated heterocycles. The Kier molecular flexibility index (Phi) is 4.02. The molecule has 0 saturated carbocycles. The van der Waals surface area contributed by atoms with Crippen molar-refractivity contribution in [2.24, 2.45) is 10.7 Å². The van der Waals surface area contributed by atoms with Crippen molar-refractivity contribution in [3.8, 4) is 0 Å². The van der Waals surface area contributed by atoms with E-state index in [1.54, 1.807) is 7.05 Å². The van der Waals surface area contributed by atoms with E-state index in [-0.39, 0.29) is 0 Å². The van der Waals surface area contributed by atoms with Gasteiger partial charge in [0, 0.05) is 7.05 Å². The molecule has 64 valence electrons. The molecule has 4 N–H and O–H groups in total. The lowest BCUT2D eigenvalue weighted by Gasteiger charge is -2.03. The SMILES string of the molecule is CN=C(N)NC(NC)=[N+](C)C. The summed E-state index contributed by atoms with van der Waals surface area (Å²) in [6.45, 7) is 0. The Balaban J connectivity index is 4.23. The average molecular weight is 158 g/mol. The molecule has 0 aliphatic carbocycles. The van der Waals surface area contributed by atoms with Crippen molar-refractivity contribution in [2.75, 3.05) is 28.2 Å². The zero-order chi connectivity index (χ0) is 8.85. The normalized spacial score (nSPS) is 10.7. The topological polar surface area (TPSA) is 65.5 Å². The smallest absolute Gasteiger partial charge is 0.352 e. The third-order valence-corrected chi connectivity index (χ3v) is 1.17. The third-order valence-electron chi connectivity index (χ3n) is 1.17. The van der Waals surface area contributed by atoms with E-state index in [2.05, 4.69) is 15.6 Å². The zero-order valence-electron chi connectivity index (χ0n) is 7.47. The van der Waals surface area contributed by atoms with Crippen LogP contribution in [0.1, 0.15) is 0 Å². The van der Waals surface area contributed by atoms with Crippen LogP contribution in [0.4, 0.5) is 0 Å². The van der Waals surface area contributed by atoms with Crippen molar-refractivity contribution in [1.29, 1.82) is 0 Å². The van der Waals surface area contributed by atoms with Gasteiger partial charge >= 0.3 is 5.96 Å². The minimum Gasteiger partial charge on any atom is -0.357 e. The van der Waals surface area contributed by atoms with Crippen LogP contribution in [0.2, 0.25) is 0 Å². The largest absolute Gasteiger partial charge is 0.357 e. The number of hydrogen-bond acceptors (Lipinski definition) is 1. The van der Waals surface area contributed by atoms with Crippen LogP contribution in [-0.2, 0) is 0 Å². The highest BCUT2D eigenvalue weighted by Gasteiger charge is 2.04. The van der Waals surface area contributed by atoms with Gasteiger partial charge in [0.1, 0.15) is 0 Å². The summed E-state index contributed by atoms with van der Waals surface area (Å²) in [5, 5.41) is 5.81. The molecule has 0 aromatic carbocycles. The molecule has 0 amide bonds. The summed E-state index contributed by atoms with van der Waals surface area (Å²) < 4.78 is 1.87. The molecule has 0 fully saturated rings. The number of nitrogens with two attached hydrogens (primary N) is 1. The Bertz CT molecular complexity index is 177. The van der Waals surface area contributed by atoms with Gasteiger partial charge < -0.3 is 5.73 Å². The Morgan fingerprint density at radius 3 is 2.27 bits per heavy atom. The number of aliphatic imine (C=N–C) groups is 1. The van der Waals surface area contributed by atoms with Gasteiger partial charge in [0.15, 0.2) is 0 Å². The fourth-order valence-electron chi connectivity index (χ4n) is 0.575. The fourth-order valence-corrected chi connectivity index (χ4v) is 0.575. The van der Waals surface area contributed by atoms with Gasteiger partial charge in [0.2, 0.25) is 0 Å². The second kappa shape index (κ2) is 4.54. The predicted molar refractivity (Wildman–Crippen MR) is 46.9 cm³/mol. The first-order valence-corrected chi connectivity index (χ1v) is 3.33. The van der Waals surface area contributed by atoms with E-state index in [4.69, 9.17) is 5.73 Å². The molecule has 0 aromatic rings. The maximum absolute atomic E-state index is 5.44. The Hall–Kier alpha value is -1.26. The van der Waals surface area contributed by atoms with E-state index < -0.39 is 0 Å². The molecule has 0 radical (unpaired) electrons. The number of rotatable bonds is 0. The van der Waals surface area contributed by atoms with Crippen molar-refractivity contribution < 1.29 is 4.58 Å². The standard InChI is InChI=1S/C6H15N5/c1-8-5(7)10-6(9-2)11(3)4/h1-4H3,(H3,7,8,9,10)/p+1. The summed E-state index contributed by atoms with van der Waals surface area (Å²) in [5.41, 5.74) is 5.44. The molecule has 0 aliphatic heterocycles. The van der Waals surface area contributed by atoms with Crippen LogP contribution >= 0.6 is 0 Å². The van der Waals surface area contributed by atoms with E-state index in [0.717, 1.165) is 5.96 Å². The number of guanidine groups is 2. The molecule has 0 heterocycles. The average Bonchev–Trinajstić information content (AvgIpc) is 1.99. The fraction of sp³-hybridized carbons (Fsp3) is 0.667. The van der Waals surface area contributed by atoms with Crippen LogP contribution in [0.15, 0.2) is 4.99 Å². The molecule has 0 atom stereocenters. The third kappa shape index (κ3) is 3.44. The first-order chi connectivity index (χ1) is 5.11. The Morgan fingerprint density at radius 1 is 1.45 bits per heavy atom. The van der Waals surface area contributed by atoms with Crippen LogP contribution in [-0.4, -0.2) is 44.7 Å². The van der Waals surface area contributed by atoms with Crippen LogP contribution in [0.3, 0.4) is 0 Å². The summed E-state index contributed by atoms with van der Waals surface area (Å²) in [7, 11) is 7.25. The van der Waals surface area contributed by atoms with Crippen molar-refractivity contribution in [2.45, 2.75) is 0 Å². The van der Waals surface area contributed by atoms with Crippen LogP contribution in [0.5, 0.6) is 0 Å². The summed E-state index contributed by atoms with van der Waals surface area (Å²) in [6, 6.07) is 0. The monoisotopic (exact) mass is 158 g/mol. The van der Waals surface area contributed by atoms with Gasteiger partial charge in [0.25, 0.3) is 5.96 Å². The lowest BCUT2D eigenvalue weighted by Crippen LogP contribution is -2.47. The van der Waals surface area contributed by atoms with Crippen LogP contribution < -0.4 is 16.4 Å². The zero-order valence-corrected chi connectivity index (χ0v) is 7.47. The minimum atomic E-state index is 0.392. The quantitative estimate of drug-likeness (QED) is 0.225. The molecule has 5 nitrogen and oxygen atoms in total. The summed E-state index contributed by atoms with van der Waals surface area (Å²) in [5.74, 6) is 1.20. The number of hydrogen-bond donors (Lipinski definition) is 3. The second-order valence-electron chi connectivity index (χ2n) is 2.23. The Morgan fingerprint density at radius 2 is 2.00 bits per heavy atom. The first kappa shape index (κ1) is 9.74. The molecule has 0 aromatic heterocycles. The highest BCUT2D eigenvalue weighted by Crippen LogP contribution is 1.63. The summed E-state index contributed by atoms with van der Waals surface area (Å²) >= 11 is 0. The molecule has 0 bridgehead atoms. The van der Waals surface area contributed by atoms with E-state index in [1.807, 2.05) is 25.7 Å². The molecule has 0 spiro atoms. The van der Waals surface area contributed by atoms with Crippen molar-refractivity contribution in [3.63, 3.8) is 0 Å². The van der Waals surface area contributed by atoms with E-state index in [9.17, 15) is 0 Å².